The van der Waals surface area contributed by atoms with Crippen molar-refractivity contribution < 1.29 is 13.5 Å². The van der Waals surface area contributed by atoms with E-state index in [-0.39, 0.29) is 0 Å². The molecule has 0 aliphatic carbocycles. The Hall–Kier alpha value is -1.38. The highest BCUT2D eigenvalue weighted by atomic mass is 19.2. The lowest BCUT2D eigenvalue weighted by molar-refractivity contribution is 0.345. The quantitative estimate of drug-likeness (QED) is 0.674. The number of halogens is 2. The van der Waals surface area contributed by atoms with Crippen LogP contribution in [0.4, 0.5) is 8.78 Å². The lowest BCUT2D eigenvalue weighted by atomic mass is 10.2. The maximum absolute atomic E-state index is 12.7. The molecule has 3 heteroatoms. The van der Waals surface area contributed by atoms with Crippen LogP contribution in [-0.4, -0.2) is 6.61 Å². The van der Waals surface area contributed by atoms with E-state index >= 15 is 0 Å². The summed E-state index contributed by atoms with van der Waals surface area (Å²) < 4.78 is 30.4. The smallest absolute Gasteiger partial charge is 0.162 e. The fraction of sp³-hybridized carbons (Fsp3) is 0.273. The van der Waals surface area contributed by atoms with Crippen molar-refractivity contribution in [3.05, 3.63) is 42.0 Å². The van der Waals surface area contributed by atoms with Crippen LogP contribution in [0.5, 0.6) is 5.75 Å². The Bertz CT molecular complexity index is 334. The molecule has 0 heterocycles. The predicted octanol–water partition coefficient (Wildman–Crippen LogP) is 3.31. The Labute approximate surface area is 82.0 Å². The maximum Gasteiger partial charge on any atom is 0.162 e. The lowest BCUT2D eigenvalue weighted by Crippen LogP contribution is -2.00. The third-order valence-corrected chi connectivity index (χ3v) is 1.83. The molecule has 0 saturated heterocycles. The molecular formula is C11H12F2O. The highest BCUT2D eigenvalue weighted by Gasteiger charge is 2.03. The topological polar surface area (TPSA) is 9.23 Å². The van der Waals surface area contributed by atoms with Crippen molar-refractivity contribution in [2.75, 3.05) is 6.61 Å². The van der Waals surface area contributed by atoms with Gasteiger partial charge in [0, 0.05) is 6.07 Å². The largest absolute Gasteiger partial charge is 0.489 e. The monoisotopic (exact) mass is 198 g/mol. The van der Waals surface area contributed by atoms with Gasteiger partial charge in [0.15, 0.2) is 11.6 Å². The molecule has 0 atom stereocenters. The first-order valence-corrected chi connectivity index (χ1v) is 4.38. The normalized spacial score (nSPS) is 9.93. The third-order valence-electron chi connectivity index (χ3n) is 1.83. The fourth-order valence-corrected chi connectivity index (χ4v) is 0.854. The number of hydrogen-bond acceptors (Lipinski definition) is 1. The molecule has 1 nitrogen and oxygen atoms in total. The lowest BCUT2D eigenvalue weighted by Gasteiger charge is -2.06. The summed E-state index contributed by atoms with van der Waals surface area (Å²) in [5, 5.41) is 0. The Balaban J connectivity index is 2.60. The van der Waals surface area contributed by atoms with Gasteiger partial charge in [-0.15, -0.1) is 0 Å². The summed E-state index contributed by atoms with van der Waals surface area (Å²) in [5.41, 5.74) is 0.912. The molecule has 1 rings (SSSR count). The van der Waals surface area contributed by atoms with Crippen LogP contribution in [-0.2, 0) is 0 Å². The van der Waals surface area contributed by atoms with Gasteiger partial charge in [0.1, 0.15) is 12.4 Å². The van der Waals surface area contributed by atoms with Crippen molar-refractivity contribution in [1.29, 1.82) is 0 Å². The van der Waals surface area contributed by atoms with E-state index in [2.05, 4.69) is 6.58 Å². The predicted molar refractivity (Wildman–Crippen MR) is 51.3 cm³/mol. The molecule has 0 aromatic heterocycles. The first kappa shape index (κ1) is 10.7. The second-order valence-corrected chi connectivity index (χ2v) is 2.97. The minimum absolute atomic E-state index is 0.318. The molecule has 0 spiro atoms. The van der Waals surface area contributed by atoms with Crippen LogP contribution in [0.1, 0.15) is 13.3 Å². The zero-order chi connectivity index (χ0) is 10.6. The van der Waals surface area contributed by atoms with E-state index in [9.17, 15) is 8.78 Å². The average molecular weight is 198 g/mol. The average Bonchev–Trinajstić information content (AvgIpc) is 2.19. The fourth-order valence-electron chi connectivity index (χ4n) is 0.854. The van der Waals surface area contributed by atoms with E-state index in [0.29, 0.717) is 12.4 Å². The van der Waals surface area contributed by atoms with Gasteiger partial charge in [-0.25, -0.2) is 8.78 Å². The second-order valence-electron chi connectivity index (χ2n) is 2.97. The van der Waals surface area contributed by atoms with E-state index in [1.54, 1.807) is 0 Å². The third kappa shape index (κ3) is 2.83. The molecule has 0 aliphatic rings. The van der Waals surface area contributed by atoms with Gasteiger partial charge in [0.25, 0.3) is 0 Å². The van der Waals surface area contributed by atoms with Crippen molar-refractivity contribution >= 4 is 0 Å². The van der Waals surface area contributed by atoms with Crippen LogP contribution in [0.3, 0.4) is 0 Å². The van der Waals surface area contributed by atoms with E-state index in [4.69, 9.17) is 4.74 Å². The van der Waals surface area contributed by atoms with Crippen LogP contribution in [0.2, 0.25) is 0 Å². The molecule has 0 fully saturated rings. The number of benzene rings is 1. The molecule has 1 aromatic rings. The number of hydrogen-bond donors (Lipinski definition) is 0. The van der Waals surface area contributed by atoms with Gasteiger partial charge in [-0.05, 0) is 24.1 Å². The Kier molecular flexibility index (Phi) is 3.63. The summed E-state index contributed by atoms with van der Waals surface area (Å²) in [6, 6.07) is 3.46. The molecule has 1 aromatic carbocycles. The van der Waals surface area contributed by atoms with Gasteiger partial charge in [0.05, 0.1) is 0 Å². The summed E-state index contributed by atoms with van der Waals surface area (Å²) in [6.07, 6.45) is 0.809. The van der Waals surface area contributed by atoms with Crippen LogP contribution in [0.15, 0.2) is 30.4 Å². The van der Waals surface area contributed by atoms with E-state index < -0.39 is 11.6 Å². The van der Waals surface area contributed by atoms with Crippen LogP contribution >= 0.6 is 0 Å². The van der Waals surface area contributed by atoms with Gasteiger partial charge in [-0.3, -0.25) is 0 Å². The van der Waals surface area contributed by atoms with Gasteiger partial charge < -0.3 is 4.74 Å². The molecule has 0 bridgehead atoms. The van der Waals surface area contributed by atoms with Crippen LogP contribution in [0, 0.1) is 11.6 Å². The highest BCUT2D eigenvalue weighted by molar-refractivity contribution is 5.24. The molecule has 0 saturated carbocycles. The summed E-state index contributed by atoms with van der Waals surface area (Å²) in [5.74, 6) is -1.45. The standard InChI is InChI=1S/C11H12F2O/c1-3-8(2)7-14-9-4-5-10(12)11(13)6-9/h4-6H,2-3,7H2,1H3. The first-order valence-electron chi connectivity index (χ1n) is 4.38. The molecule has 76 valence electrons. The van der Waals surface area contributed by atoms with Gasteiger partial charge >= 0.3 is 0 Å². The van der Waals surface area contributed by atoms with Crippen LogP contribution in [0.25, 0.3) is 0 Å². The minimum atomic E-state index is -0.899. The van der Waals surface area contributed by atoms with Crippen molar-refractivity contribution in [2.24, 2.45) is 0 Å². The highest BCUT2D eigenvalue weighted by Crippen LogP contribution is 2.16. The molecule has 0 unspecified atom stereocenters. The van der Waals surface area contributed by atoms with E-state index in [0.717, 1.165) is 24.1 Å². The van der Waals surface area contributed by atoms with Crippen molar-refractivity contribution in [3.63, 3.8) is 0 Å². The molecule has 0 aliphatic heterocycles. The summed E-state index contributed by atoms with van der Waals surface area (Å²) in [4.78, 5) is 0. The van der Waals surface area contributed by atoms with Crippen molar-refractivity contribution in [3.8, 4) is 5.75 Å². The summed E-state index contributed by atoms with van der Waals surface area (Å²) >= 11 is 0. The summed E-state index contributed by atoms with van der Waals surface area (Å²) in [6.45, 7) is 6.03. The summed E-state index contributed by atoms with van der Waals surface area (Å²) in [7, 11) is 0. The van der Waals surface area contributed by atoms with Gasteiger partial charge in [-0.2, -0.15) is 0 Å². The van der Waals surface area contributed by atoms with Crippen molar-refractivity contribution in [2.45, 2.75) is 13.3 Å². The molecule has 14 heavy (non-hydrogen) atoms. The maximum atomic E-state index is 12.7. The first-order chi connectivity index (χ1) is 6.63. The minimum Gasteiger partial charge on any atom is -0.489 e. The number of rotatable bonds is 4. The molecule has 0 N–H and O–H groups in total. The molecule has 0 amide bonds. The zero-order valence-electron chi connectivity index (χ0n) is 8.02. The SMILES string of the molecule is C=C(CC)COc1ccc(F)c(F)c1. The van der Waals surface area contributed by atoms with Gasteiger partial charge in [0.2, 0.25) is 0 Å². The van der Waals surface area contributed by atoms with Gasteiger partial charge in [-0.1, -0.05) is 13.5 Å². The zero-order valence-corrected chi connectivity index (χ0v) is 8.02. The van der Waals surface area contributed by atoms with Crippen molar-refractivity contribution in [1.82, 2.24) is 0 Å². The Morgan fingerprint density at radius 2 is 2.07 bits per heavy atom. The number of ether oxygens (including phenoxy) is 1. The van der Waals surface area contributed by atoms with E-state index in [1.807, 2.05) is 6.92 Å². The molecular weight excluding hydrogens is 186 g/mol. The second kappa shape index (κ2) is 4.74. The Morgan fingerprint density at radius 3 is 2.64 bits per heavy atom. The molecule has 0 radical (unpaired) electrons. The Morgan fingerprint density at radius 1 is 1.36 bits per heavy atom. The van der Waals surface area contributed by atoms with Crippen LogP contribution < -0.4 is 4.74 Å². The van der Waals surface area contributed by atoms with E-state index in [1.165, 1.54) is 6.07 Å².